The van der Waals surface area contributed by atoms with Crippen LogP contribution in [0.2, 0.25) is 0 Å². The predicted molar refractivity (Wildman–Crippen MR) is 137 cm³/mol. The average Bonchev–Trinajstić information content (AvgIpc) is 2.73. The minimum atomic E-state index is -1.89. The lowest BCUT2D eigenvalue weighted by molar-refractivity contribution is 0.0499. The van der Waals surface area contributed by atoms with Gasteiger partial charge in [-0.2, -0.15) is 0 Å². The van der Waals surface area contributed by atoms with E-state index in [0.29, 0.717) is 23.4 Å². The fourth-order valence-corrected chi connectivity index (χ4v) is 3.22. The third-order valence-electron chi connectivity index (χ3n) is 4.09. The number of benzene rings is 2. The number of hydrogen-bond acceptors (Lipinski definition) is 4. The largest absolute Gasteiger partial charge is 0.462 e. The first kappa shape index (κ1) is 26.7. The Bertz CT molecular complexity index is 938. The standard InChI is InChI=1S/C21H21BrCl3N3O3S/c1-2-3-12-31-18(30)14-6-10-16(11-7-14)26-20(32)28-19(21(23,24)25)27-17(29)13-4-8-15(22)9-5-13/h4-11,19H,2-3,12H2,1H3,(H,27,29)(H2,26,28,32)/t19-/m0/s1. The number of hydrogen-bond donors (Lipinski definition) is 3. The fourth-order valence-electron chi connectivity index (χ4n) is 2.40. The van der Waals surface area contributed by atoms with Gasteiger partial charge >= 0.3 is 5.97 Å². The summed E-state index contributed by atoms with van der Waals surface area (Å²) in [5, 5.41) is 8.41. The molecule has 0 aliphatic heterocycles. The van der Waals surface area contributed by atoms with Crippen molar-refractivity contribution < 1.29 is 14.3 Å². The van der Waals surface area contributed by atoms with Crippen molar-refractivity contribution >= 4 is 85.6 Å². The number of nitrogens with one attached hydrogen (secondary N) is 3. The van der Waals surface area contributed by atoms with Gasteiger partial charge in [-0.15, -0.1) is 0 Å². The van der Waals surface area contributed by atoms with Gasteiger partial charge in [0, 0.05) is 15.7 Å². The molecule has 0 unspecified atom stereocenters. The summed E-state index contributed by atoms with van der Waals surface area (Å²) in [5.41, 5.74) is 1.40. The van der Waals surface area contributed by atoms with Gasteiger partial charge in [0.25, 0.3) is 5.91 Å². The van der Waals surface area contributed by atoms with Crippen molar-refractivity contribution in [1.29, 1.82) is 0 Å². The molecule has 1 amide bonds. The second-order valence-electron chi connectivity index (χ2n) is 6.62. The Kier molecular flexibility index (Phi) is 10.5. The summed E-state index contributed by atoms with van der Waals surface area (Å²) < 4.78 is 4.12. The van der Waals surface area contributed by atoms with E-state index in [-0.39, 0.29) is 5.11 Å². The number of alkyl halides is 3. The minimum absolute atomic E-state index is 0.107. The topological polar surface area (TPSA) is 79.5 Å². The molecule has 1 atom stereocenters. The quantitative estimate of drug-likeness (QED) is 0.120. The van der Waals surface area contributed by atoms with E-state index in [1.807, 2.05) is 6.92 Å². The van der Waals surface area contributed by atoms with Crippen molar-refractivity contribution in [3.05, 3.63) is 64.1 Å². The molecule has 0 aliphatic rings. The molecule has 2 rings (SSSR count). The van der Waals surface area contributed by atoms with E-state index < -0.39 is 21.8 Å². The Morgan fingerprint density at radius 1 is 1.03 bits per heavy atom. The number of amides is 1. The lowest BCUT2D eigenvalue weighted by atomic mass is 10.2. The summed E-state index contributed by atoms with van der Waals surface area (Å²) in [4.78, 5) is 24.5. The molecule has 0 aromatic heterocycles. The Hall–Kier alpha value is -1.58. The molecule has 0 fully saturated rings. The highest BCUT2D eigenvalue weighted by Gasteiger charge is 2.34. The van der Waals surface area contributed by atoms with Crippen LogP contribution >= 0.6 is 63.0 Å². The molecule has 0 aliphatic carbocycles. The first-order valence-corrected chi connectivity index (χ1v) is 11.9. The van der Waals surface area contributed by atoms with Crippen LogP contribution in [0.4, 0.5) is 5.69 Å². The summed E-state index contributed by atoms with van der Waals surface area (Å²) in [6.45, 7) is 2.40. The monoisotopic (exact) mass is 579 g/mol. The number of halogens is 4. The van der Waals surface area contributed by atoms with E-state index in [1.165, 1.54) is 0 Å². The lowest BCUT2D eigenvalue weighted by Crippen LogP contribution is -2.56. The highest BCUT2D eigenvalue weighted by atomic mass is 79.9. The molecule has 0 spiro atoms. The Morgan fingerprint density at radius 3 is 2.19 bits per heavy atom. The maximum absolute atomic E-state index is 12.5. The zero-order valence-corrected chi connectivity index (χ0v) is 21.6. The van der Waals surface area contributed by atoms with Crippen LogP contribution in [0.3, 0.4) is 0 Å². The molecule has 172 valence electrons. The lowest BCUT2D eigenvalue weighted by Gasteiger charge is -2.27. The number of thiocarbonyl (C=S) groups is 1. The summed E-state index contributed by atoms with van der Waals surface area (Å²) in [6, 6.07) is 13.2. The van der Waals surface area contributed by atoms with Crippen LogP contribution in [-0.2, 0) is 4.74 Å². The summed E-state index contributed by atoms with van der Waals surface area (Å²) in [7, 11) is 0. The van der Waals surface area contributed by atoms with Crippen LogP contribution in [0, 0.1) is 0 Å². The number of rotatable bonds is 8. The van der Waals surface area contributed by atoms with E-state index in [2.05, 4.69) is 31.9 Å². The highest BCUT2D eigenvalue weighted by Crippen LogP contribution is 2.29. The average molecular weight is 582 g/mol. The predicted octanol–water partition coefficient (Wildman–Crippen LogP) is 5.82. The maximum atomic E-state index is 12.5. The first-order valence-electron chi connectivity index (χ1n) is 9.58. The van der Waals surface area contributed by atoms with Crippen molar-refractivity contribution in [1.82, 2.24) is 10.6 Å². The highest BCUT2D eigenvalue weighted by molar-refractivity contribution is 9.10. The Morgan fingerprint density at radius 2 is 1.62 bits per heavy atom. The zero-order valence-electron chi connectivity index (χ0n) is 17.0. The molecule has 0 bridgehead atoms. The van der Waals surface area contributed by atoms with Gasteiger partial charge in [-0.05, 0) is 67.2 Å². The third-order valence-corrected chi connectivity index (χ3v) is 5.50. The van der Waals surface area contributed by atoms with Gasteiger partial charge in [-0.1, -0.05) is 64.1 Å². The summed E-state index contributed by atoms with van der Waals surface area (Å²) in [5.74, 6) is -0.840. The third kappa shape index (κ3) is 8.75. The number of unbranched alkanes of at least 4 members (excludes halogenated alkanes) is 1. The molecule has 0 saturated heterocycles. The van der Waals surface area contributed by atoms with Crippen LogP contribution in [0.15, 0.2) is 53.0 Å². The smallest absolute Gasteiger partial charge is 0.338 e. The van der Waals surface area contributed by atoms with Gasteiger partial charge in [0.1, 0.15) is 6.17 Å². The van der Waals surface area contributed by atoms with Crippen molar-refractivity contribution in [2.75, 3.05) is 11.9 Å². The molecule has 2 aromatic carbocycles. The van der Waals surface area contributed by atoms with Crippen LogP contribution in [0.1, 0.15) is 40.5 Å². The second-order valence-corrected chi connectivity index (χ2v) is 10.3. The van der Waals surface area contributed by atoms with Gasteiger partial charge in [0.2, 0.25) is 3.79 Å². The number of anilines is 1. The van der Waals surface area contributed by atoms with E-state index in [4.69, 9.17) is 51.8 Å². The molecule has 3 N–H and O–H groups in total. The molecular formula is C21H21BrCl3N3O3S. The molecule has 0 radical (unpaired) electrons. The van der Waals surface area contributed by atoms with Crippen molar-refractivity contribution in [2.24, 2.45) is 0 Å². The molecule has 0 saturated carbocycles. The number of esters is 1. The van der Waals surface area contributed by atoms with Crippen LogP contribution in [-0.4, -0.2) is 33.6 Å². The number of carbonyl (C=O) groups excluding carboxylic acids is 2. The Balaban J connectivity index is 1.97. The Labute approximate surface area is 215 Å². The van der Waals surface area contributed by atoms with Crippen LogP contribution < -0.4 is 16.0 Å². The first-order chi connectivity index (χ1) is 15.1. The van der Waals surface area contributed by atoms with E-state index in [1.54, 1.807) is 48.5 Å². The van der Waals surface area contributed by atoms with E-state index in [9.17, 15) is 9.59 Å². The molecule has 11 heteroatoms. The minimum Gasteiger partial charge on any atom is -0.462 e. The number of ether oxygens (including phenoxy) is 1. The van der Waals surface area contributed by atoms with E-state index in [0.717, 1.165) is 17.3 Å². The second kappa shape index (κ2) is 12.6. The summed E-state index contributed by atoms with van der Waals surface area (Å²) >= 11 is 26.6. The van der Waals surface area contributed by atoms with Crippen molar-refractivity contribution in [2.45, 2.75) is 29.7 Å². The fraction of sp³-hybridized carbons (Fsp3) is 0.286. The van der Waals surface area contributed by atoms with Gasteiger partial charge in [-0.25, -0.2) is 4.79 Å². The van der Waals surface area contributed by atoms with Gasteiger partial charge in [0.15, 0.2) is 5.11 Å². The molecule has 2 aromatic rings. The molecular weight excluding hydrogens is 561 g/mol. The van der Waals surface area contributed by atoms with Crippen LogP contribution in [0.25, 0.3) is 0 Å². The van der Waals surface area contributed by atoms with Gasteiger partial charge in [-0.3, -0.25) is 4.79 Å². The van der Waals surface area contributed by atoms with E-state index >= 15 is 0 Å². The van der Waals surface area contributed by atoms with Crippen LogP contribution in [0.5, 0.6) is 0 Å². The SMILES string of the molecule is CCCCOC(=O)c1ccc(NC(=S)N[C@H](NC(=O)c2ccc(Br)cc2)C(Cl)(Cl)Cl)cc1. The van der Waals surface area contributed by atoms with Crippen molar-refractivity contribution in [3.8, 4) is 0 Å². The normalized spacial score (nSPS) is 11.9. The van der Waals surface area contributed by atoms with Gasteiger partial charge in [0.05, 0.1) is 12.2 Å². The van der Waals surface area contributed by atoms with Crippen molar-refractivity contribution in [3.63, 3.8) is 0 Å². The number of carbonyl (C=O) groups is 2. The molecule has 6 nitrogen and oxygen atoms in total. The molecule has 32 heavy (non-hydrogen) atoms. The molecule has 0 heterocycles. The zero-order chi connectivity index (χ0) is 23.7. The summed E-state index contributed by atoms with van der Waals surface area (Å²) in [6.07, 6.45) is 0.643. The maximum Gasteiger partial charge on any atom is 0.338 e. The van der Waals surface area contributed by atoms with Gasteiger partial charge < -0.3 is 20.7 Å².